The Balaban J connectivity index is 2.04. The molecule has 0 spiro atoms. The maximum absolute atomic E-state index is 11.9. The number of amides is 1. The number of hydrogen-bond acceptors (Lipinski definition) is 4. The van der Waals surface area contributed by atoms with E-state index in [9.17, 15) is 4.79 Å². The van der Waals surface area contributed by atoms with Gasteiger partial charge in [-0.25, -0.2) is 0 Å². The van der Waals surface area contributed by atoms with Gasteiger partial charge in [0.2, 0.25) is 5.91 Å². The summed E-state index contributed by atoms with van der Waals surface area (Å²) in [4.78, 5) is 15.9. The minimum atomic E-state index is -1.00. The Bertz CT molecular complexity index is 458. The Kier molecular flexibility index (Phi) is 2.86. The molecule has 1 atom stereocenters. The van der Waals surface area contributed by atoms with Crippen molar-refractivity contribution in [2.75, 3.05) is 5.32 Å². The van der Waals surface area contributed by atoms with Crippen LogP contribution >= 0.6 is 23.2 Å². The van der Waals surface area contributed by atoms with Crippen LogP contribution in [0.1, 0.15) is 38.9 Å². The Labute approximate surface area is 109 Å². The maximum Gasteiger partial charge on any atom is 0.328 e. The van der Waals surface area contributed by atoms with Gasteiger partial charge in [0.05, 0.1) is 5.41 Å². The standard InChI is InChI=1S/C10H13Cl2N3O2/c1-5(2)6-13-8(17-15-6)14-7(16)9(3)4-10(9,11)12/h5H,4H2,1-3H3,(H,13,14,15,16)/t9-/m0/s1. The number of anilines is 1. The smallest absolute Gasteiger partial charge is 0.315 e. The number of nitrogens with zero attached hydrogens (tertiary/aromatic N) is 2. The molecule has 1 aromatic rings. The Morgan fingerprint density at radius 2 is 2.12 bits per heavy atom. The number of carbonyl (C=O) groups is 1. The predicted octanol–water partition coefficient (Wildman–Crippen LogP) is 2.72. The molecule has 2 rings (SSSR count). The van der Waals surface area contributed by atoms with E-state index in [-0.39, 0.29) is 17.8 Å². The van der Waals surface area contributed by atoms with Gasteiger partial charge in [-0.1, -0.05) is 19.0 Å². The second kappa shape index (κ2) is 3.85. The summed E-state index contributed by atoms with van der Waals surface area (Å²) in [5.41, 5.74) is -0.789. The number of rotatable bonds is 3. The summed E-state index contributed by atoms with van der Waals surface area (Å²) < 4.78 is 3.91. The van der Waals surface area contributed by atoms with Crippen molar-refractivity contribution in [2.24, 2.45) is 5.41 Å². The molecule has 1 aliphatic carbocycles. The molecule has 17 heavy (non-hydrogen) atoms. The molecule has 1 aliphatic rings. The van der Waals surface area contributed by atoms with E-state index >= 15 is 0 Å². The monoisotopic (exact) mass is 277 g/mol. The molecular weight excluding hydrogens is 265 g/mol. The fraction of sp³-hybridized carbons (Fsp3) is 0.700. The molecule has 7 heteroatoms. The Hall–Kier alpha value is -0.810. The lowest BCUT2D eigenvalue weighted by atomic mass is 10.1. The second-order valence-corrected chi connectivity index (χ2v) is 6.26. The van der Waals surface area contributed by atoms with Crippen LogP contribution in [0.2, 0.25) is 0 Å². The number of halogens is 2. The van der Waals surface area contributed by atoms with E-state index in [1.54, 1.807) is 6.92 Å². The molecule has 1 heterocycles. The van der Waals surface area contributed by atoms with Crippen molar-refractivity contribution in [3.8, 4) is 0 Å². The first-order valence-electron chi connectivity index (χ1n) is 5.29. The molecule has 1 fully saturated rings. The van der Waals surface area contributed by atoms with E-state index in [4.69, 9.17) is 27.7 Å². The van der Waals surface area contributed by atoms with Crippen molar-refractivity contribution in [2.45, 2.75) is 37.4 Å². The number of nitrogens with one attached hydrogen (secondary N) is 1. The molecular formula is C10H13Cl2N3O2. The maximum atomic E-state index is 11.9. The van der Waals surface area contributed by atoms with Crippen LogP contribution in [0.4, 0.5) is 6.01 Å². The average Bonchev–Trinajstić information content (AvgIpc) is 2.63. The van der Waals surface area contributed by atoms with E-state index in [0.717, 1.165) is 0 Å². The number of aromatic nitrogens is 2. The quantitative estimate of drug-likeness (QED) is 0.863. The first kappa shape index (κ1) is 12.6. The van der Waals surface area contributed by atoms with E-state index in [1.807, 2.05) is 13.8 Å². The summed E-state index contributed by atoms with van der Waals surface area (Å²) in [5, 5.41) is 6.27. The first-order valence-corrected chi connectivity index (χ1v) is 6.05. The fourth-order valence-corrected chi connectivity index (χ4v) is 2.11. The third-order valence-electron chi connectivity index (χ3n) is 2.94. The number of carbonyl (C=O) groups excluding carboxylic acids is 1. The highest BCUT2D eigenvalue weighted by molar-refractivity contribution is 6.53. The highest BCUT2D eigenvalue weighted by Crippen LogP contribution is 2.64. The Morgan fingerprint density at radius 3 is 2.53 bits per heavy atom. The molecule has 5 nitrogen and oxygen atoms in total. The molecule has 0 bridgehead atoms. The third-order valence-corrected chi connectivity index (χ3v) is 4.04. The van der Waals surface area contributed by atoms with E-state index in [2.05, 4.69) is 15.5 Å². The van der Waals surface area contributed by atoms with Crippen molar-refractivity contribution < 1.29 is 9.32 Å². The van der Waals surface area contributed by atoms with Crippen LogP contribution in [0, 0.1) is 5.41 Å². The van der Waals surface area contributed by atoms with Gasteiger partial charge in [-0.3, -0.25) is 10.1 Å². The average molecular weight is 278 g/mol. The van der Waals surface area contributed by atoms with Crippen LogP contribution in [0.5, 0.6) is 0 Å². The van der Waals surface area contributed by atoms with Crippen molar-refractivity contribution in [1.29, 1.82) is 0 Å². The molecule has 0 saturated heterocycles. The van der Waals surface area contributed by atoms with E-state index in [0.29, 0.717) is 12.2 Å². The van der Waals surface area contributed by atoms with Crippen LogP contribution in [-0.2, 0) is 4.79 Å². The van der Waals surface area contributed by atoms with Gasteiger partial charge in [-0.2, -0.15) is 4.98 Å². The topological polar surface area (TPSA) is 68.0 Å². The van der Waals surface area contributed by atoms with Crippen LogP contribution in [0.25, 0.3) is 0 Å². The zero-order chi connectivity index (χ0) is 12.8. The van der Waals surface area contributed by atoms with Gasteiger partial charge >= 0.3 is 6.01 Å². The minimum Gasteiger partial charge on any atom is -0.315 e. The summed E-state index contributed by atoms with van der Waals surface area (Å²) in [6.07, 6.45) is 0.417. The number of hydrogen-bond donors (Lipinski definition) is 1. The first-order chi connectivity index (χ1) is 7.76. The molecule has 1 amide bonds. The highest BCUT2D eigenvalue weighted by Gasteiger charge is 2.68. The summed E-state index contributed by atoms with van der Waals surface area (Å²) in [6, 6.07) is 0.0796. The van der Waals surface area contributed by atoms with Crippen molar-refractivity contribution in [1.82, 2.24) is 10.1 Å². The van der Waals surface area contributed by atoms with E-state index in [1.165, 1.54) is 0 Å². The van der Waals surface area contributed by atoms with Gasteiger partial charge in [0.15, 0.2) is 5.82 Å². The van der Waals surface area contributed by atoms with Crippen molar-refractivity contribution >= 4 is 35.1 Å². The van der Waals surface area contributed by atoms with Gasteiger partial charge in [-0.15, -0.1) is 23.2 Å². The van der Waals surface area contributed by atoms with E-state index < -0.39 is 9.75 Å². The lowest BCUT2D eigenvalue weighted by Gasteiger charge is -2.09. The molecule has 1 N–H and O–H groups in total. The normalized spacial score (nSPS) is 26.0. The molecule has 94 valence electrons. The van der Waals surface area contributed by atoms with Gasteiger partial charge in [0, 0.05) is 5.92 Å². The summed E-state index contributed by atoms with van der Waals surface area (Å²) in [5.74, 6) is 0.381. The van der Waals surface area contributed by atoms with Gasteiger partial charge in [0.25, 0.3) is 0 Å². The lowest BCUT2D eigenvalue weighted by molar-refractivity contribution is -0.120. The van der Waals surface area contributed by atoms with Crippen molar-refractivity contribution in [3.63, 3.8) is 0 Å². The molecule has 0 aliphatic heterocycles. The third kappa shape index (κ3) is 2.13. The largest absolute Gasteiger partial charge is 0.328 e. The van der Waals surface area contributed by atoms with Gasteiger partial charge < -0.3 is 4.52 Å². The zero-order valence-corrected chi connectivity index (χ0v) is 11.3. The SMILES string of the molecule is CC(C)c1noc(NC(=O)[C@]2(C)CC2(Cl)Cl)n1. The van der Waals surface area contributed by atoms with Gasteiger partial charge in [0.1, 0.15) is 4.33 Å². The molecule has 0 radical (unpaired) electrons. The predicted molar refractivity (Wildman–Crippen MR) is 64.2 cm³/mol. The zero-order valence-electron chi connectivity index (χ0n) is 9.75. The van der Waals surface area contributed by atoms with Gasteiger partial charge in [-0.05, 0) is 13.3 Å². The number of alkyl halides is 2. The van der Waals surface area contributed by atoms with Crippen LogP contribution < -0.4 is 5.32 Å². The molecule has 1 saturated carbocycles. The van der Waals surface area contributed by atoms with Crippen LogP contribution in [0.3, 0.4) is 0 Å². The highest BCUT2D eigenvalue weighted by atomic mass is 35.5. The summed E-state index contributed by atoms with van der Waals surface area (Å²) in [7, 11) is 0. The second-order valence-electron chi connectivity index (χ2n) is 4.78. The summed E-state index contributed by atoms with van der Waals surface area (Å²) >= 11 is 11.8. The van der Waals surface area contributed by atoms with Crippen LogP contribution in [-0.4, -0.2) is 20.4 Å². The Morgan fingerprint density at radius 1 is 1.53 bits per heavy atom. The van der Waals surface area contributed by atoms with Crippen molar-refractivity contribution in [3.05, 3.63) is 5.82 Å². The molecule has 0 unspecified atom stereocenters. The van der Waals surface area contributed by atoms with Crippen LogP contribution in [0.15, 0.2) is 4.52 Å². The summed E-state index contributed by atoms with van der Waals surface area (Å²) in [6.45, 7) is 5.56. The molecule has 1 aromatic heterocycles. The fourth-order valence-electron chi connectivity index (χ4n) is 1.40. The minimum absolute atomic E-state index is 0.0796. The lowest BCUT2D eigenvalue weighted by Crippen LogP contribution is -2.26. The molecule has 0 aromatic carbocycles.